The maximum atomic E-state index is 9.66. The van der Waals surface area contributed by atoms with Gasteiger partial charge in [0.15, 0.2) is 0 Å². The van der Waals surface area contributed by atoms with E-state index in [0.717, 1.165) is 44.7 Å². The molecular weight excluding hydrogens is 238 g/mol. The third-order valence-corrected chi connectivity index (χ3v) is 4.27. The van der Waals surface area contributed by atoms with Crippen LogP contribution in [0, 0.1) is 5.92 Å². The predicted molar refractivity (Wildman–Crippen MR) is 75.3 cm³/mol. The third-order valence-electron chi connectivity index (χ3n) is 4.27. The van der Waals surface area contributed by atoms with Gasteiger partial charge in [0, 0.05) is 13.0 Å². The lowest BCUT2D eigenvalue weighted by Gasteiger charge is -2.26. The van der Waals surface area contributed by atoms with Crippen molar-refractivity contribution in [2.24, 2.45) is 5.92 Å². The van der Waals surface area contributed by atoms with E-state index in [4.69, 9.17) is 4.74 Å². The highest BCUT2D eigenvalue weighted by Gasteiger charge is 2.19. The van der Waals surface area contributed by atoms with Crippen LogP contribution in [-0.4, -0.2) is 24.4 Å². The molecule has 1 heterocycles. The zero-order valence-electron chi connectivity index (χ0n) is 11.4. The second-order valence-corrected chi connectivity index (χ2v) is 5.86. The molecular formula is C16H23NO2. The summed E-state index contributed by atoms with van der Waals surface area (Å²) in [6.45, 7) is 2.76. The van der Waals surface area contributed by atoms with Crippen molar-refractivity contribution in [3.8, 4) is 5.75 Å². The molecule has 3 rings (SSSR count). The number of aliphatic hydroxyl groups is 1. The lowest BCUT2D eigenvalue weighted by molar-refractivity contribution is 0.101. The minimum absolute atomic E-state index is 0.0716. The van der Waals surface area contributed by atoms with Gasteiger partial charge in [0.25, 0.3) is 0 Å². The van der Waals surface area contributed by atoms with Crippen LogP contribution in [0.3, 0.4) is 0 Å². The van der Waals surface area contributed by atoms with Crippen LogP contribution in [0.2, 0.25) is 0 Å². The van der Waals surface area contributed by atoms with E-state index >= 15 is 0 Å². The maximum Gasteiger partial charge on any atom is 0.122 e. The first-order valence-corrected chi connectivity index (χ1v) is 7.44. The Balaban J connectivity index is 1.47. The van der Waals surface area contributed by atoms with E-state index in [2.05, 4.69) is 23.5 Å². The number of benzene rings is 1. The van der Waals surface area contributed by atoms with Crippen LogP contribution in [0.15, 0.2) is 18.2 Å². The van der Waals surface area contributed by atoms with Gasteiger partial charge in [-0.15, -0.1) is 0 Å². The highest BCUT2D eigenvalue weighted by Crippen LogP contribution is 2.26. The molecule has 0 saturated heterocycles. The summed E-state index contributed by atoms with van der Waals surface area (Å²) in [4.78, 5) is 0. The average molecular weight is 261 g/mol. The fourth-order valence-corrected chi connectivity index (χ4v) is 3.22. The summed E-state index contributed by atoms with van der Waals surface area (Å²) < 4.78 is 5.52. The van der Waals surface area contributed by atoms with E-state index in [0.29, 0.717) is 5.92 Å². The molecule has 1 fully saturated rings. The van der Waals surface area contributed by atoms with Crippen LogP contribution in [0.25, 0.3) is 0 Å². The molecule has 2 unspecified atom stereocenters. The molecule has 3 heteroatoms. The predicted octanol–water partition coefficient (Wildman–Crippen LogP) is 2.26. The molecule has 1 aliphatic heterocycles. The van der Waals surface area contributed by atoms with Gasteiger partial charge in [0.2, 0.25) is 0 Å². The highest BCUT2D eigenvalue weighted by atomic mass is 16.5. The standard InChI is InChI=1S/C16H23NO2/c18-15-3-1-2-12(9-15)10-17-11-13-4-5-16-14(8-13)6-7-19-16/h4-5,8,12,15,17-18H,1-3,6-7,9-11H2. The van der Waals surface area contributed by atoms with Crippen LogP contribution in [-0.2, 0) is 13.0 Å². The lowest BCUT2D eigenvalue weighted by atomic mass is 9.87. The normalized spacial score (nSPS) is 25.9. The Morgan fingerprint density at radius 3 is 3.16 bits per heavy atom. The Hall–Kier alpha value is -1.06. The monoisotopic (exact) mass is 261 g/mol. The molecule has 104 valence electrons. The molecule has 2 N–H and O–H groups in total. The average Bonchev–Trinajstić information content (AvgIpc) is 2.86. The van der Waals surface area contributed by atoms with Crippen molar-refractivity contribution in [1.82, 2.24) is 5.32 Å². The Morgan fingerprint density at radius 2 is 2.26 bits per heavy atom. The zero-order valence-corrected chi connectivity index (χ0v) is 11.4. The summed E-state index contributed by atoms with van der Waals surface area (Å²) in [5.74, 6) is 1.70. The smallest absolute Gasteiger partial charge is 0.122 e. The van der Waals surface area contributed by atoms with E-state index in [9.17, 15) is 5.11 Å². The van der Waals surface area contributed by atoms with E-state index in [1.165, 1.54) is 24.0 Å². The molecule has 0 radical (unpaired) electrons. The van der Waals surface area contributed by atoms with E-state index < -0.39 is 0 Å². The minimum atomic E-state index is -0.0716. The van der Waals surface area contributed by atoms with Crippen molar-refractivity contribution in [2.45, 2.75) is 44.8 Å². The van der Waals surface area contributed by atoms with Gasteiger partial charge >= 0.3 is 0 Å². The van der Waals surface area contributed by atoms with Crippen molar-refractivity contribution in [3.63, 3.8) is 0 Å². The van der Waals surface area contributed by atoms with Crippen LogP contribution >= 0.6 is 0 Å². The molecule has 1 saturated carbocycles. The van der Waals surface area contributed by atoms with Crippen LogP contribution in [0.5, 0.6) is 5.75 Å². The molecule has 0 spiro atoms. The number of rotatable bonds is 4. The Labute approximate surface area is 115 Å². The van der Waals surface area contributed by atoms with Crippen LogP contribution in [0.4, 0.5) is 0 Å². The summed E-state index contributed by atoms with van der Waals surface area (Å²) in [7, 11) is 0. The van der Waals surface area contributed by atoms with Gasteiger partial charge in [-0.3, -0.25) is 0 Å². The van der Waals surface area contributed by atoms with Gasteiger partial charge in [-0.05, 0) is 48.9 Å². The first-order chi connectivity index (χ1) is 9.31. The van der Waals surface area contributed by atoms with Gasteiger partial charge in [0.05, 0.1) is 12.7 Å². The van der Waals surface area contributed by atoms with Crippen molar-refractivity contribution < 1.29 is 9.84 Å². The van der Waals surface area contributed by atoms with Gasteiger partial charge in [-0.25, -0.2) is 0 Å². The number of fused-ring (bicyclic) bond motifs is 1. The Morgan fingerprint density at radius 1 is 1.32 bits per heavy atom. The first-order valence-electron chi connectivity index (χ1n) is 7.44. The summed E-state index contributed by atoms with van der Waals surface area (Å²) in [5.41, 5.74) is 2.67. The number of aliphatic hydroxyl groups excluding tert-OH is 1. The third kappa shape index (κ3) is 3.28. The molecule has 0 aromatic heterocycles. The number of hydrogen-bond acceptors (Lipinski definition) is 3. The van der Waals surface area contributed by atoms with E-state index in [-0.39, 0.29) is 6.10 Å². The van der Waals surface area contributed by atoms with Gasteiger partial charge in [0.1, 0.15) is 5.75 Å². The SMILES string of the molecule is OC1CCCC(CNCc2ccc3c(c2)CCO3)C1. The lowest BCUT2D eigenvalue weighted by Crippen LogP contribution is -2.28. The van der Waals surface area contributed by atoms with Crippen LogP contribution in [0.1, 0.15) is 36.8 Å². The largest absolute Gasteiger partial charge is 0.493 e. The molecule has 2 atom stereocenters. The topological polar surface area (TPSA) is 41.5 Å². The first kappa shape index (κ1) is 12.9. The number of nitrogens with one attached hydrogen (secondary N) is 1. The van der Waals surface area contributed by atoms with Crippen molar-refractivity contribution in [2.75, 3.05) is 13.2 Å². The fraction of sp³-hybridized carbons (Fsp3) is 0.625. The minimum Gasteiger partial charge on any atom is -0.493 e. The van der Waals surface area contributed by atoms with Gasteiger partial charge in [-0.1, -0.05) is 18.6 Å². The van der Waals surface area contributed by atoms with Crippen LogP contribution < -0.4 is 10.1 Å². The zero-order chi connectivity index (χ0) is 13.1. The molecule has 1 aromatic carbocycles. The molecule has 0 amide bonds. The number of hydrogen-bond donors (Lipinski definition) is 2. The van der Waals surface area contributed by atoms with Gasteiger partial charge in [-0.2, -0.15) is 0 Å². The van der Waals surface area contributed by atoms with E-state index in [1.54, 1.807) is 0 Å². The Bertz CT molecular complexity index is 433. The molecule has 1 aliphatic carbocycles. The fourth-order valence-electron chi connectivity index (χ4n) is 3.22. The summed E-state index contributed by atoms with van der Waals surface area (Å²) in [6, 6.07) is 6.49. The summed E-state index contributed by atoms with van der Waals surface area (Å²) in [6.07, 6.45) is 5.34. The second-order valence-electron chi connectivity index (χ2n) is 5.86. The molecule has 1 aromatic rings. The number of ether oxygens (including phenoxy) is 1. The Kier molecular flexibility index (Phi) is 4.04. The maximum absolute atomic E-state index is 9.66. The molecule has 3 nitrogen and oxygen atoms in total. The highest BCUT2D eigenvalue weighted by molar-refractivity contribution is 5.39. The van der Waals surface area contributed by atoms with Crippen molar-refractivity contribution in [1.29, 1.82) is 0 Å². The quantitative estimate of drug-likeness (QED) is 0.873. The molecule has 19 heavy (non-hydrogen) atoms. The van der Waals surface area contributed by atoms with Gasteiger partial charge < -0.3 is 15.2 Å². The van der Waals surface area contributed by atoms with E-state index in [1.807, 2.05) is 0 Å². The summed E-state index contributed by atoms with van der Waals surface area (Å²) >= 11 is 0. The molecule has 0 bridgehead atoms. The summed E-state index contributed by atoms with van der Waals surface area (Å²) in [5, 5.41) is 13.2. The van der Waals surface area contributed by atoms with Crippen molar-refractivity contribution >= 4 is 0 Å². The van der Waals surface area contributed by atoms with Crippen molar-refractivity contribution in [3.05, 3.63) is 29.3 Å². The molecule has 2 aliphatic rings. The second kappa shape index (κ2) is 5.93.